The van der Waals surface area contributed by atoms with Gasteiger partial charge in [-0.3, -0.25) is 24.3 Å². The van der Waals surface area contributed by atoms with Crippen LogP contribution in [0.3, 0.4) is 0 Å². The van der Waals surface area contributed by atoms with E-state index in [1.165, 1.54) is 19.8 Å². The summed E-state index contributed by atoms with van der Waals surface area (Å²) in [6, 6.07) is -0.380. The van der Waals surface area contributed by atoms with Gasteiger partial charge in [0.2, 0.25) is 5.91 Å². The van der Waals surface area contributed by atoms with Crippen molar-refractivity contribution < 1.29 is 24.3 Å². The summed E-state index contributed by atoms with van der Waals surface area (Å²) in [5.41, 5.74) is 0. The number of carboxylic acids is 1. The predicted molar refractivity (Wildman–Crippen MR) is 108 cm³/mol. The number of nitrogens with one attached hydrogen (secondary N) is 4. The third kappa shape index (κ3) is 5.39. The Balaban J connectivity index is 1.39. The number of rotatable bonds is 9. The Kier molecular flexibility index (Phi) is 7.11. The van der Waals surface area contributed by atoms with Crippen LogP contribution in [0.4, 0.5) is 4.79 Å². The first-order chi connectivity index (χ1) is 14.3. The minimum atomic E-state index is -1.03. The molecule has 0 aromatic carbocycles. The number of hydrogen-bond acceptors (Lipinski definition) is 5. The van der Waals surface area contributed by atoms with E-state index >= 15 is 0 Å². The molecule has 1 aliphatic carbocycles. The zero-order valence-electron chi connectivity index (χ0n) is 17.1. The molecule has 0 radical (unpaired) electrons. The van der Waals surface area contributed by atoms with Crippen molar-refractivity contribution in [3.63, 3.8) is 0 Å². The first-order valence-electron chi connectivity index (χ1n) is 10.5. The number of aliphatic carboxylic acids is 1. The standard InChI is InChI=1S/C19H30N6O5/c1-11(17(28)29)9-21-15(26)10-25-16(27)14(24-19(25)30)7-4-8-20-18-22-12-5-2-3-6-13(12)23-18/h11-14H,2-10H2,1H3,(H,21,26)(H,24,30)(H,28,29)(H2,20,22,23). The number of urea groups is 1. The summed E-state index contributed by atoms with van der Waals surface area (Å²) in [6.07, 6.45) is 5.83. The van der Waals surface area contributed by atoms with Crippen molar-refractivity contribution in [3.05, 3.63) is 0 Å². The largest absolute Gasteiger partial charge is 0.481 e. The van der Waals surface area contributed by atoms with Crippen LogP contribution in [0.1, 0.15) is 45.4 Å². The third-order valence-electron chi connectivity index (χ3n) is 5.77. The topological polar surface area (TPSA) is 152 Å². The minimum absolute atomic E-state index is 0.0641. The van der Waals surface area contributed by atoms with Gasteiger partial charge in [-0.2, -0.15) is 0 Å². The second-order valence-corrected chi connectivity index (χ2v) is 8.13. The molecule has 0 aromatic heterocycles. The molecule has 4 atom stereocenters. The summed E-state index contributed by atoms with van der Waals surface area (Å²) in [4.78, 5) is 52.6. The van der Waals surface area contributed by atoms with Gasteiger partial charge in [0.05, 0.1) is 5.92 Å². The van der Waals surface area contributed by atoms with E-state index in [0.29, 0.717) is 31.5 Å². The highest BCUT2D eigenvalue weighted by Gasteiger charge is 2.38. The van der Waals surface area contributed by atoms with Crippen molar-refractivity contribution in [1.29, 1.82) is 0 Å². The van der Waals surface area contributed by atoms with Crippen LogP contribution < -0.4 is 21.3 Å². The fourth-order valence-electron chi connectivity index (χ4n) is 3.92. The number of aliphatic imine (C=N–C) groups is 1. The highest BCUT2D eigenvalue weighted by atomic mass is 16.4. The second kappa shape index (κ2) is 9.77. The quantitative estimate of drug-likeness (QED) is 0.245. The Morgan fingerprint density at radius 1 is 1.20 bits per heavy atom. The fourth-order valence-corrected chi connectivity index (χ4v) is 3.92. The molecule has 3 rings (SSSR count). The number of guanidine groups is 1. The fraction of sp³-hybridized carbons (Fsp3) is 0.737. The molecule has 0 aromatic rings. The van der Waals surface area contributed by atoms with E-state index in [9.17, 15) is 19.2 Å². The van der Waals surface area contributed by atoms with Crippen molar-refractivity contribution >= 4 is 29.8 Å². The molecule has 5 N–H and O–H groups in total. The summed E-state index contributed by atoms with van der Waals surface area (Å²) < 4.78 is 0. The lowest BCUT2D eigenvalue weighted by atomic mass is 9.92. The van der Waals surface area contributed by atoms with Gasteiger partial charge in [-0.1, -0.05) is 19.8 Å². The van der Waals surface area contributed by atoms with Crippen molar-refractivity contribution in [2.75, 3.05) is 19.6 Å². The van der Waals surface area contributed by atoms with Crippen LogP contribution in [0, 0.1) is 5.92 Å². The zero-order valence-corrected chi connectivity index (χ0v) is 17.1. The van der Waals surface area contributed by atoms with Gasteiger partial charge in [-0.15, -0.1) is 0 Å². The second-order valence-electron chi connectivity index (χ2n) is 8.13. The number of carboxylic acid groups (broad SMARTS) is 1. The molecule has 30 heavy (non-hydrogen) atoms. The monoisotopic (exact) mass is 422 g/mol. The molecule has 11 nitrogen and oxygen atoms in total. The van der Waals surface area contributed by atoms with Gasteiger partial charge in [0.25, 0.3) is 5.91 Å². The van der Waals surface area contributed by atoms with E-state index in [-0.39, 0.29) is 6.54 Å². The van der Waals surface area contributed by atoms with Crippen molar-refractivity contribution in [2.24, 2.45) is 10.9 Å². The molecule has 0 spiro atoms. The zero-order chi connectivity index (χ0) is 21.7. The molecule has 3 fully saturated rings. The van der Waals surface area contributed by atoms with Crippen LogP contribution in [0.25, 0.3) is 0 Å². The normalized spacial score (nSPS) is 26.4. The maximum absolute atomic E-state index is 12.4. The van der Waals surface area contributed by atoms with Crippen LogP contribution >= 0.6 is 0 Å². The molecule has 0 bridgehead atoms. The van der Waals surface area contributed by atoms with Crippen LogP contribution in [0.2, 0.25) is 0 Å². The Morgan fingerprint density at radius 3 is 2.50 bits per heavy atom. The number of nitrogens with zero attached hydrogens (tertiary/aromatic N) is 2. The summed E-state index contributed by atoms with van der Waals surface area (Å²) in [6.45, 7) is 1.50. The maximum Gasteiger partial charge on any atom is 0.325 e. The van der Waals surface area contributed by atoms with E-state index in [4.69, 9.17) is 5.11 Å². The molecule has 2 aliphatic heterocycles. The van der Waals surface area contributed by atoms with E-state index in [2.05, 4.69) is 26.3 Å². The van der Waals surface area contributed by atoms with Crippen LogP contribution in [-0.2, 0) is 14.4 Å². The Morgan fingerprint density at radius 2 is 1.87 bits per heavy atom. The lowest BCUT2D eigenvalue weighted by molar-refractivity contribution is -0.141. The Labute approximate surface area is 175 Å². The number of carbonyl (C=O) groups is 4. The molecule has 1 saturated carbocycles. The highest BCUT2D eigenvalue weighted by Crippen LogP contribution is 2.21. The van der Waals surface area contributed by atoms with Gasteiger partial charge in [-0.25, -0.2) is 4.79 Å². The number of fused-ring (bicyclic) bond motifs is 1. The van der Waals surface area contributed by atoms with E-state index < -0.39 is 42.3 Å². The van der Waals surface area contributed by atoms with Crippen molar-refractivity contribution in [1.82, 2.24) is 26.2 Å². The first kappa shape index (κ1) is 21.8. The average molecular weight is 422 g/mol. The van der Waals surface area contributed by atoms with Gasteiger partial charge in [0, 0.05) is 25.2 Å². The first-order valence-corrected chi connectivity index (χ1v) is 10.5. The molecule has 2 heterocycles. The molecule has 166 valence electrons. The maximum atomic E-state index is 12.4. The SMILES string of the molecule is CC(CNC(=O)CN1C(=O)NC(CCCN=C2NC3CCCCC3N2)C1=O)C(=O)O. The van der Waals surface area contributed by atoms with E-state index in [0.717, 1.165) is 23.7 Å². The third-order valence-corrected chi connectivity index (χ3v) is 5.77. The van der Waals surface area contributed by atoms with Crippen LogP contribution in [0.5, 0.6) is 0 Å². The van der Waals surface area contributed by atoms with Gasteiger partial charge >= 0.3 is 12.0 Å². The Bertz CT molecular complexity index is 710. The molecule has 4 amide bonds. The van der Waals surface area contributed by atoms with Gasteiger partial charge in [0.1, 0.15) is 12.6 Å². The molecular weight excluding hydrogens is 392 g/mol. The van der Waals surface area contributed by atoms with Crippen LogP contribution in [0.15, 0.2) is 4.99 Å². The predicted octanol–water partition coefficient (Wildman–Crippen LogP) is -0.616. The van der Waals surface area contributed by atoms with Gasteiger partial charge in [-0.05, 0) is 25.7 Å². The molecular formula is C19H30N6O5. The van der Waals surface area contributed by atoms with E-state index in [1.54, 1.807) is 0 Å². The molecule has 4 unspecified atom stereocenters. The summed E-state index contributed by atoms with van der Waals surface area (Å²) in [5.74, 6) is -1.99. The highest BCUT2D eigenvalue weighted by molar-refractivity contribution is 6.06. The summed E-state index contributed by atoms with van der Waals surface area (Å²) in [7, 11) is 0. The number of carbonyl (C=O) groups excluding carboxylic acids is 3. The van der Waals surface area contributed by atoms with Gasteiger partial charge < -0.3 is 26.4 Å². The van der Waals surface area contributed by atoms with Gasteiger partial charge in [0.15, 0.2) is 5.96 Å². The number of hydrogen-bond donors (Lipinski definition) is 5. The lowest BCUT2D eigenvalue weighted by Crippen LogP contribution is -2.42. The molecule has 3 aliphatic rings. The summed E-state index contributed by atoms with van der Waals surface area (Å²) in [5, 5.41) is 20.7. The van der Waals surface area contributed by atoms with Crippen LogP contribution in [-0.4, -0.2) is 77.5 Å². The average Bonchev–Trinajstić information content (AvgIpc) is 3.24. The lowest BCUT2D eigenvalue weighted by Gasteiger charge is -2.23. The van der Waals surface area contributed by atoms with Crippen molar-refractivity contribution in [2.45, 2.75) is 63.6 Å². The minimum Gasteiger partial charge on any atom is -0.481 e. The Hall–Kier alpha value is -2.85. The number of imide groups is 1. The van der Waals surface area contributed by atoms with Crippen molar-refractivity contribution in [3.8, 4) is 0 Å². The smallest absolute Gasteiger partial charge is 0.325 e. The molecule has 11 heteroatoms. The summed E-state index contributed by atoms with van der Waals surface area (Å²) >= 11 is 0. The number of amides is 4. The van der Waals surface area contributed by atoms with E-state index in [1.807, 2.05) is 0 Å². The molecule has 2 saturated heterocycles.